The molecule has 0 bridgehead atoms. The molecule has 3 rings (SSSR count). The molecule has 0 saturated heterocycles. The van der Waals surface area contributed by atoms with Gasteiger partial charge in [0.2, 0.25) is 0 Å². The molecule has 7 heteroatoms. The van der Waals surface area contributed by atoms with E-state index < -0.39 is 17.4 Å². The number of aromatic nitrogens is 1. The largest absolute Gasteiger partial charge is 0.480 e. The summed E-state index contributed by atoms with van der Waals surface area (Å²) in [4.78, 5) is 33.9. The Bertz CT molecular complexity index is 1040. The molecule has 2 aromatic rings. The zero-order valence-electron chi connectivity index (χ0n) is 18.6. The minimum Gasteiger partial charge on any atom is -0.480 e. The first-order chi connectivity index (χ1) is 15.4. The lowest BCUT2D eigenvalue weighted by atomic mass is 9.89. The quantitative estimate of drug-likeness (QED) is 0.484. The number of hydrogen-bond donors (Lipinski definition) is 2. The highest BCUT2D eigenvalue weighted by atomic mass is 16.5. The predicted molar refractivity (Wildman–Crippen MR) is 121 cm³/mol. The van der Waals surface area contributed by atoms with Crippen LogP contribution < -0.4 is 5.43 Å². The Balaban J connectivity index is 1.61. The number of nitrogens with zero attached hydrogens (tertiary/aromatic N) is 1. The van der Waals surface area contributed by atoms with E-state index in [1.165, 1.54) is 29.0 Å². The summed E-state index contributed by atoms with van der Waals surface area (Å²) < 4.78 is 6.94. The van der Waals surface area contributed by atoms with Crippen molar-refractivity contribution in [3.63, 3.8) is 0 Å². The summed E-state index contributed by atoms with van der Waals surface area (Å²) in [6.45, 7) is 3.07. The van der Waals surface area contributed by atoms with Crippen LogP contribution in [-0.4, -0.2) is 39.9 Å². The molecule has 2 N–H and O–H groups in total. The Morgan fingerprint density at radius 3 is 2.50 bits per heavy atom. The number of benzene rings is 1. The minimum atomic E-state index is -1.19. The van der Waals surface area contributed by atoms with Gasteiger partial charge in [0.15, 0.2) is 5.43 Å². The number of carbonyl (C=O) groups is 2. The fourth-order valence-electron chi connectivity index (χ4n) is 4.35. The summed E-state index contributed by atoms with van der Waals surface area (Å²) in [6, 6.07) is 5.91. The molecule has 0 saturated carbocycles. The number of aryl methyl sites for hydroxylation is 4. The summed E-state index contributed by atoms with van der Waals surface area (Å²) in [6.07, 6.45) is 9.44. The highest BCUT2D eigenvalue weighted by Crippen LogP contribution is 2.32. The van der Waals surface area contributed by atoms with E-state index in [-0.39, 0.29) is 12.2 Å². The lowest BCUT2D eigenvalue weighted by molar-refractivity contribution is -0.142. The molecule has 0 radical (unpaired) electrons. The third-order valence-corrected chi connectivity index (χ3v) is 6.02. The number of aromatic carboxylic acids is 1. The summed E-state index contributed by atoms with van der Waals surface area (Å²) in [5.41, 5.74) is 5.04. The van der Waals surface area contributed by atoms with Crippen molar-refractivity contribution in [1.82, 2.24) is 4.57 Å². The van der Waals surface area contributed by atoms with Crippen LogP contribution in [0.2, 0.25) is 0 Å². The van der Waals surface area contributed by atoms with E-state index in [9.17, 15) is 19.5 Å². The number of ether oxygens (including phenoxy) is 1. The van der Waals surface area contributed by atoms with Crippen LogP contribution in [0.4, 0.5) is 0 Å². The molecule has 1 aliphatic rings. The number of fused-ring (bicyclic) bond motifs is 3. The van der Waals surface area contributed by atoms with Crippen molar-refractivity contribution in [2.75, 3.05) is 13.2 Å². The van der Waals surface area contributed by atoms with Gasteiger partial charge in [-0.25, -0.2) is 9.59 Å². The van der Waals surface area contributed by atoms with Crippen LogP contribution in [-0.2, 0) is 35.3 Å². The molecule has 0 aliphatic carbocycles. The first kappa shape index (κ1) is 23.7. The monoisotopic (exact) mass is 441 g/mol. The first-order valence-electron chi connectivity index (χ1n) is 11.3. The van der Waals surface area contributed by atoms with Crippen molar-refractivity contribution in [3.05, 3.63) is 56.9 Å². The normalized spacial score (nSPS) is 12.3. The number of rotatable bonds is 12. The lowest BCUT2D eigenvalue weighted by Gasteiger charge is -2.24. The SMILES string of the molecule is CCc1cc2c(cc1CCCCCCCOCC(=O)O)CCn1cc(C(=O)O)c(=O)cc1-2. The standard InChI is InChI=1S/C25H31NO6/c1-2-17-13-20-19(9-10-26-15-21(25(30)31)23(27)14-22(20)26)12-18(17)8-6-4-3-5-7-11-32-16-24(28)29/h12-15H,2-11,16H2,1H3,(H,28,29)(H,30,31). The van der Waals surface area contributed by atoms with Crippen molar-refractivity contribution in [1.29, 1.82) is 0 Å². The van der Waals surface area contributed by atoms with Gasteiger partial charge in [0.1, 0.15) is 12.2 Å². The molecule has 7 nitrogen and oxygen atoms in total. The molecule has 2 heterocycles. The van der Waals surface area contributed by atoms with Crippen molar-refractivity contribution < 1.29 is 24.5 Å². The smallest absolute Gasteiger partial charge is 0.341 e. The van der Waals surface area contributed by atoms with Gasteiger partial charge in [-0.1, -0.05) is 32.3 Å². The van der Waals surface area contributed by atoms with E-state index in [0.717, 1.165) is 62.6 Å². The molecular weight excluding hydrogens is 410 g/mol. The Morgan fingerprint density at radius 2 is 1.78 bits per heavy atom. The fraction of sp³-hybridized carbons (Fsp3) is 0.480. The van der Waals surface area contributed by atoms with E-state index >= 15 is 0 Å². The maximum atomic E-state index is 12.3. The van der Waals surface area contributed by atoms with Gasteiger partial charge < -0.3 is 19.5 Å². The van der Waals surface area contributed by atoms with Gasteiger partial charge in [-0.15, -0.1) is 0 Å². The molecule has 0 atom stereocenters. The predicted octanol–water partition coefficient (Wildman–Crippen LogP) is 3.93. The van der Waals surface area contributed by atoms with Gasteiger partial charge in [-0.3, -0.25) is 4.79 Å². The second-order valence-corrected chi connectivity index (χ2v) is 8.28. The van der Waals surface area contributed by atoms with Crippen LogP contribution in [0.25, 0.3) is 11.3 Å². The Kier molecular flexibility index (Phi) is 8.22. The Hall–Kier alpha value is -2.93. The van der Waals surface area contributed by atoms with Crippen LogP contribution in [0.1, 0.15) is 66.1 Å². The van der Waals surface area contributed by atoms with Gasteiger partial charge in [0, 0.05) is 31.0 Å². The molecular formula is C25H31NO6. The fourth-order valence-corrected chi connectivity index (χ4v) is 4.35. The number of aliphatic carboxylic acids is 1. The van der Waals surface area contributed by atoms with Crippen LogP contribution >= 0.6 is 0 Å². The number of carboxylic acids is 2. The highest BCUT2D eigenvalue weighted by molar-refractivity contribution is 5.87. The number of hydrogen-bond acceptors (Lipinski definition) is 4. The van der Waals surface area contributed by atoms with E-state index in [4.69, 9.17) is 9.84 Å². The third kappa shape index (κ3) is 5.85. The van der Waals surface area contributed by atoms with E-state index in [0.29, 0.717) is 13.2 Å². The van der Waals surface area contributed by atoms with E-state index in [1.807, 2.05) is 4.57 Å². The zero-order chi connectivity index (χ0) is 23.1. The van der Waals surface area contributed by atoms with Gasteiger partial charge in [0.25, 0.3) is 0 Å². The van der Waals surface area contributed by atoms with E-state index in [1.54, 1.807) is 0 Å². The minimum absolute atomic E-state index is 0.182. The average molecular weight is 442 g/mol. The van der Waals surface area contributed by atoms with Crippen molar-refractivity contribution in [2.45, 2.75) is 64.8 Å². The second-order valence-electron chi connectivity index (χ2n) is 8.28. The molecule has 0 spiro atoms. The van der Waals surface area contributed by atoms with Gasteiger partial charge >= 0.3 is 11.9 Å². The number of pyridine rings is 1. The summed E-state index contributed by atoms with van der Waals surface area (Å²) in [7, 11) is 0. The summed E-state index contributed by atoms with van der Waals surface area (Å²) in [5, 5.41) is 17.8. The summed E-state index contributed by atoms with van der Waals surface area (Å²) >= 11 is 0. The number of carboxylic acid groups (broad SMARTS) is 2. The van der Waals surface area contributed by atoms with E-state index in [2.05, 4.69) is 19.1 Å². The summed E-state index contributed by atoms with van der Waals surface area (Å²) in [5.74, 6) is -2.11. The molecule has 1 aliphatic heterocycles. The Morgan fingerprint density at radius 1 is 1.03 bits per heavy atom. The first-order valence-corrected chi connectivity index (χ1v) is 11.3. The van der Waals surface area contributed by atoms with Crippen LogP contribution in [0.5, 0.6) is 0 Å². The Labute approximate surface area is 187 Å². The molecule has 0 amide bonds. The van der Waals surface area contributed by atoms with Crippen molar-refractivity contribution >= 4 is 11.9 Å². The topological polar surface area (TPSA) is 106 Å². The van der Waals surface area contributed by atoms with Crippen LogP contribution in [0.15, 0.2) is 29.2 Å². The lowest BCUT2D eigenvalue weighted by Crippen LogP contribution is -2.22. The third-order valence-electron chi connectivity index (χ3n) is 6.02. The maximum absolute atomic E-state index is 12.3. The maximum Gasteiger partial charge on any atom is 0.341 e. The second kappa shape index (κ2) is 11.1. The van der Waals surface area contributed by atoms with Gasteiger partial charge in [-0.05, 0) is 54.9 Å². The number of unbranched alkanes of at least 4 members (excludes halogenated alkanes) is 4. The molecule has 172 valence electrons. The van der Waals surface area contributed by atoms with Gasteiger partial charge in [-0.2, -0.15) is 0 Å². The van der Waals surface area contributed by atoms with Crippen molar-refractivity contribution in [2.24, 2.45) is 0 Å². The molecule has 1 aromatic carbocycles. The van der Waals surface area contributed by atoms with Crippen molar-refractivity contribution in [3.8, 4) is 11.3 Å². The molecule has 0 fully saturated rings. The molecule has 0 unspecified atom stereocenters. The highest BCUT2D eigenvalue weighted by Gasteiger charge is 2.20. The van der Waals surface area contributed by atoms with Gasteiger partial charge in [0.05, 0.1) is 5.69 Å². The van der Waals surface area contributed by atoms with Crippen LogP contribution in [0.3, 0.4) is 0 Å². The zero-order valence-corrected chi connectivity index (χ0v) is 18.6. The molecule has 1 aromatic heterocycles. The molecule has 32 heavy (non-hydrogen) atoms. The average Bonchev–Trinajstić information content (AvgIpc) is 2.76. The van der Waals surface area contributed by atoms with Crippen LogP contribution in [0, 0.1) is 0 Å².